The van der Waals surface area contributed by atoms with Crippen molar-refractivity contribution in [2.24, 2.45) is 10.8 Å². The van der Waals surface area contributed by atoms with Gasteiger partial charge in [-0.3, -0.25) is 4.79 Å². The minimum absolute atomic E-state index is 0.0754. The molecule has 0 rings (SSSR count). The molecular weight excluding hydrogens is 538 g/mol. The normalized spacial score (nSPS) is 16.1. The Labute approximate surface area is 246 Å². The van der Waals surface area contributed by atoms with Crippen molar-refractivity contribution >= 4 is 12.1 Å². The molecule has 5 N–H and O–H groups in total. The van der Waals surface area contributed by atoms with Crippen molar-refractivity contribution in [3.8, 4) is 0 Å². The van der Waals surface area contributed by atoms with Crippen LogP contribution in [0.15, 0.2) is 0 Å². The maximum absolute atomic E-state index is 12.0. The second-order valence-corrected chi connectivity index (χ2v) is 14.0. The lowest BCUT2D eigenvalue weighted by atomic mass is 9.77. The van der Waals surface area contributed by atoms with Gasteiger partial charge in [0.25, 0.3) is 0 Å². The number of amides is 1. The van der Waals surface area contributed by atoms with Crippen LogP contribution in [0.25, 0.3) is 0 Å². The molecule has 0 fully saturated rings. The van der Waals surface area contributed by atoms with Gasteiger partial charge in [-0.2, -0.15) is 0 Å². The summed E-state index contributed by atoms with van der Waals surface area (Å²) < 4.78 is 29.1. The molecule has 0 heterocycles. The summed E-state index contributed by atoms with van der Waals surface area (Å²) in [4.78, 5) is 22.6. The average Bonchev–Trinajstić information content (AvgIpc) is 2.77. The van der Waals surface area contributed by atoms with Gasteiger partial charge >= 0.3 is 12.1 Å². The van der Waals surface area contributed by atoms with Crippen LogP contribution < -0.4 is 5.32 Å². The number of alkyl carbamates (subject to hydrolysis) is 1. The number of ether oxygens (including phenoxy) is 5. The van der Waals surface area contributed by atoms with Crippen molar-refractivity contribution in [2.45, 2.75) is 131 Å². The van der Waals surface area contributed by atoms with Crippen LogP contribution in [0.3, 0.4) is 0 Å². The molecule has 0 radical (unpaired) electrons. The number of aliphatic hydroxyl groups is 3. The number of carbonyl (C=O) groups is 2. The van der Waals surface area contributed by atoms with E-state index < -0.39 is 53.5 Å². The van der Waals surface area contributed by atoms with Crippen molar-refractivity contribution in [2.75, 3.05) is 33.0 Å². The van der Waals surface area contributed by atoms with E-state index >= 15 is 0 Å². The Kier molecular flexibility index (Phi) is 16.9. The minimum atomic E-state index is -1.04. The summed E-state index contributed by atoms with van der Waals surface area (Å²) in [5.74, 6) is -1.04. The van der Waals surface area contributed by atoms with Gasteiger partial charge in [-0.05, 0) is 64.7 Å². The largest absolute Gasteiger partial charge is 0.481 e. The predicted octanol–water partition coefficient (Wildman–Crippen LogP) is 3.44. The van der Waals surface area contributed by atoms with Gasteiger partial charge in [-0.1, -0.05) is 34.6 Å². The van der Waals surface area contributed by atoms with Gasteiger partial charge in [0, 0.05) is 6.54 Å². The van der Waals surface area contributed by atoms with Crippen LogP contribution in [-0.4, -0.2) is 101 Å². The molecule has 41 heavy (non-hydrogen) atoms. The number of carbonyl (C=O) groups excluding carboxylic acids is 1. The molecule has 0 aliphatic carbocycles. The summed E-state index contributed by atoms with van der Waals surface area (Å²) in [5, 5.41) is 40.8. The van der Waals surface area contributed by atoms with Gasteiger partial charge in [0.05, 0.1) is 49.7 Å². The zero-order valence-corrected chi connectivity index (χ0v) is 26.8. The van der Waals surface area contributed by atoms with Crippen LogP contribution in [0.2, 0.25) is 0 Å². The summed E-state index contributed by atoms with van der Waals surface area (Å²) >= 11 is 0. The molecule has 0 bridgehead atoms. The van der Waals surface area contributed by atoms with Crippen LogP contribution in [0.4, 0.5) is 4.79 Å². The molecule has 0 aromatic carbocycles. The summed E-state index contributed by atoms with van der Waals surface area (Å²) in [6.45, 7) is 18.1. The molecule has 12 heteroatoms. The minimum Gasteiger partial charge on any atom is -0.481 e. The van der Waals surface area contributed by atoms with Crippen molar-refractivity contribution in [3.05, 3.63) is 0 Å². The standard InChI is InChI=1S/C29H57NO11/c1-26(2,3)13-20(15-31)38-23(17-33)41-29(9,10)19-28(7,8)14-21(16-32)39-24(40-27(4,5)6)18-37-25(36)30-12-11-22(34)35/h20-21,23-24,31-33H,11-19H2,1-10H3,(H,30,36)(H,34,35). The predicted molar refractivity (Wildman–Crippen MR) is 153 cm³/mol. The highest BCUT2D eigenvalue weighted by Crippen LogP contribution is 2.36. The Morgan fingerprint density at radius 1 is 0.756 bits per heavy atom. The van der Waals surface area contributed by atoms with Crippen LogP contribution >= 0.6 is 0 Å². The van der Waals surface area contributed by atoms with E-state index in [1.807, 2.05) is 69.2 Å². The molecule has 0 saturated carbocycles. The third-order valence-electron chi connectivity index (χ3n) is 5.66. The van der Waals surface area contributed by atoms with Crippen LogP contribution in [0, 0.1) is 10.8 Å². The molecule has 0 spiro atoms. The third kappa shape index (κ3) is 20.9. The first-order valence-corrected chi connectivity index (χ1v) is 14.2. The second kappa shape index (κ2) is 17.5. The monoisotopic (exact) mass is 595 g/mol. The fraction of sp³-hybridized carbons (Fsp3) is 0.931. The number of carboxylic acid groups (broad SMARTS) is 1. The zero-order chi connectivity index (χ0) is 32.1. The van der Waals surface area contributed by atoms with E-state index in [1.54, 1.807) is 0 Å². The lowest BCUT2D eigenvalue weighted by Crippen LogP contribution is -2.43. The van der Waals surface area contributed by atoms with E-state index in [0.717, 1.165) is 0 Å². The Balaban J connectivity index is 5.27. The van der Waals surface area contributed by atoms with Gasteiger partial charge in [-0.25, -0.2) is 4.79 Å². The maximum Gasteiger partial charge on any atom is 0.407 e. The van der Waals surface area contributed by atoms with Crippen LogP contribution in [0.1, 0.15) is 94.9 Å². The lowest BCUT2D eigenvalue weighted by molar-refractivity contribution is -0.250. The average molecular weight is 596 g/mol. The number of hydrogen-bond acceptors (Lipinski definition) is 10. The number of aliphatic carboxylic acids is 1. The van der Waals surface area contributed by atoms with Gasteiger partial charge in [-0.15, -0.1) is 0 Å². The molecule has 1 amide bonds. The van der Waals surface area contributed by atoms with E-state index in [4.69, 9.17) is 28.8 Å². The molecule has 0 aliphatic heterocycles. The number of aliphatic hydroxyl groups excluding tert-OH is 3. The fourth-order valence-electron chi connectivity index (χ4n) is 4.73. The summed E-state index contributed by atoms with van der Waals surface area (Å²) in [6.07, 6.45) is -2.59. The van der Waals surface area contributed by atoms with E-state index in [0.29, 0.717) is 19.3 Å². The first kappa shape index (κ1) is 39.5. The first-order chi connectivity index (χ1) is 18.6. The molecule has 12 nitrogen and oxygen atoms in total. The SMILES string of the molecule is CC(C)(C)CC(CO)OC(CO)OC(C)(C)CC(C)(C)CC(CO)OC(COC(=O)NCCC(=O)O)OC(C)(C)C. The Hall–Kier alpha value is -1.54. The Morgan fingerprint density at radius 2 is 1.29 bits per heavy atom. The van der Waals surface area contributed by atoms with E-state index in [2.05, 4.69) is 5.32 Å². The Morgan fingerprint density at radius 3 is 1.76 bits per heavy atom. The molecule has 0 aliphatic rings. The fourth-order valence-corrected chi connectivity index (χ4v) is 4.73. The third-order valence-corrected chi connectivity index (χ3v) is 5.66. The second-order valence-electron chi connectivity index (χ2n) is 14.0. The quantitative estimate of drug-likeness (QED) is 0.130. The van der Waals surface area contributed by atoms with Crippen molar-refractivity contribution < 1.29 is 53.7 Å². The van der Waals surface area contributed by atoms with Crippen molar-refractivity contribution in [1.29, 1.82) is 0 Å². The van der Waals surface area contributed by atoms with Crippen LogP contribution in [0.5, 0.6) is 0 Å². The number of rotatable bonds is 20. The zero-order valence-electron chi connectivity index (χ0n) is 26.8. The molecular formula is C29H57NO11. The topological polar surface area (TPSA) is 173 Å². The van der Waals surface area contributed by atoms with Gasteiger partial charge in [0.1, 0.15) is 6.61 Å². The van der Waals surface area contributed by atoms with Gasteiger partial charge < -0.3 is 49.4 Å². The molecule has 0 aromatic heterocycles. The van der Waals surface area contributed by atoms with E-state index in [1.165, 1.54) is 0 Å². The Bertz CT molecular complexity index is 759. The van der Waals surface area contributed by atoms with Gasteiger partial charge in [0.2, 0.25) is 0 Å². The highest BCUT2D eigenvalue weighted by molar-refractivity contribution is 5.70. The maximum atomic E-state index is 12.0. The molecule has 244 valence electrons. The smallest absolute Gasteiger partial charge is 0.407 e. The van der Waals surface area contributed by atoms with E-state index in [9.17, 15) is 24.9 Å². The lowest BCUT2D eigenvalue weighted by Gasteiger charge is -2.39. The summed E-state index contributed by atoms with van der Waals surface area (Å²) in [7, 11) is 0. The first-order valence-electron chi connectivity index (χ1n) is 14.2. The van der Waals surface area contributed by atoms with Crippen molar-refractivity contribution in [1.82, 2.24) is 5.32 Å². The van der Waals surface area contributed by atoms with Crippen LogP contribution in [-0.2, 0) is 28.5 Å². The number of hydrogen-bond donors (Lipinski definition) is 5. The molecule has 4 atom stereocenters. The van der Waals surface area contributed by atoms with Crippen molar-refractivity contribution in [3.63, 3.8) is 0 Å². The number of nitrogens with one attached hydrogen (secondary N) is 1. The number of carboxylic acids is 1. The van der Waals surface area contributed by atoms with E-state index in [-0.39, 0.29) is 44.8 Å². The molecule has 0 aromatic rings. The molecule has 4 unspecified atom stereocenters. The summed E-state index contributed by atoms with van der Waals surface area (Å²) in [5.41, 5.74) is -1.87. The van der Waals surface area contributed by atoms with Gasteiger partial charge in [0.15, 0.2) is 12.6 Å². The highest BCUT2D eigenvalue weighted by atomic mass is 16.7. The highest BCUT2D eigenvalue weighted by Gasteiger charge is 2.36. The summed E-state index contributed by atoms with van der Waals surface area (Å²) in [6, 6.07) is 0. The molecule has 0 saturated heterocycles.